The second-order valence-corrected chi connectivity index (χ2v) is 2.20. The first-order chi connectivity index (χ1) is 2.56. The van der Waals surface area contributed by atoms with Gasteiger partial charge in [0, 0.05) is 5.60 Å². The van der Waals surface area contributed by atoms with Crippen LogP contribution in [0.15, 0.2) is 0 Å². The molecule has 0 N–H and O–H groups in total. The molecule has 0 aliphatic rings. The van der Waals surface area contributed by atoms with Crippen LogP contribution >= 0.6 is 0 Å². The summed E-state index contributed by atoms with van der Waals surface area (Å²) in [6, 6.07) is 0. The zero-order chi connectivity index (χ0) is 5.21. The third kappa shape index (κ3) is 15.8. The fourth-order valence-electron chi connectivity index (χ4n) is 0. The fourth-order valence-corrected chi connectivity index (χ4v) is 0. The summed E-state index contributed by atoms with van der Waals surface area (Å²) >= 11 is 0. The Bertz CT molecular complexity index is 43.8. The molecule has 0 aliphatic carbocycles. The summed E-state index contributed by atoms with van der Waals surface area (Å²) in [4.78, 5) is 3.69. The molecule has 0 saturated carbocycles. The molecule has 0 aromatic heterocycles. The molecule has 0 fully saturated rings. The van der Waals surface area contributed by atoms with Gasteiger partial charge in [0.2, 0.25) is 0 Å². The van der Waals surface area contributed by atoms with Crippen molar-refractivity contribution in [1.82, 2.24) is 0 Å². The fraction of sp³-hybridized carbons (Fsp3) is 1.00. The van der Waals surface area contributed by atoms with Gasteiger partial charge in [0.05, 0.1) is 0 Å². The second kappa shape index (κ2) is 6.10. The van der Waals surface area contributed by atoms with E-state index in [1.807, 2.05) is 0 Å². The molecule has 2 nitrogen and oxygen atoms in total. The molecule has 0 amide bonds. The van der Waals surface area contributed by atoms with Crippen LogP contribution in [0.5, 0.6) is 0 Å². The van der Waals surface area contributed by atoms with E-state index in [1.165, 1.54) is 0 Å². The molecular formula is C4H9ClMgO2. The summed E-state index contributed by atoms with van der Waals surface area (Å²) in [5.41, 5.74) is -0.514. The third-order valence-corrected chi connectivity index (χ3v) is 0.250. The van der Waals surface area contributed by atoms with Crippen LogP contribution in [-0.2, 0) is 4.89 Å². The zero-order valence-electron chi connectivity index (χ0n) is 5.40. The van der Waals surface area contributed by atoms with Gasteiger partial charge in [-0.25, -0.2) is 0 Å². The summed E-state index contributed by atoms with van der Waals surface area (Å²) in [5, 5.41) is 9.45. The zero-order valence-corrected chi connectivity index (χ0v) is 7.57. The van der Waals surface area contributed by atoms with Crippen LogP contribution in [0.3, 0.4) is 0 Å². The molecule has 0 heterocycles. The molecule has 0 aromatic carbocycles. The molecule has 0 spiro atoms. The van der Waals surface area contributed by atoms with E-state index in [4.69, 9.17) is 0 Å². The normalized spacial score (nSPS) is 9.00. The van der Waals surface area contributed by atoms with E-state index in [1.54, 1.807) is 20.8 Å². The molecule has 0 unspecified atom stereocenters. The van der Waals surface area contributed by atoms with Crippen LogP contribution in [0.2, 0.25) is 0 Å². The Hall–Kier alpha value is 0.976. The quantitative estimate of drug-likeness (QED) is 0.205. The van der Waals surface area contributed by atoms with Crippen LogP contribution < -0.4 is 17.7 Å². The maximum Gasteiger partial charge on any atom is 2.00 e. The van der Waals surface area contributed by atoms with Gasteiger partial charge in [0.15, 0.2) is 0 Å². The van der Waals surface area contributed by atoms with E-state index < -0.39 is 5.60 Å². The molecule has 0 atom stereocenters. The summed E-state index contributed by atoms with van der Waals surface area (Å²) < 4.78 is 0. The molecule has 8 heavy (non-hydrogen) atoms. The average Bonchev–Trinajstić information content (AvgIpc) is 1.35. The number of halogens is 1. The Morgan fingerprint density at radius 1 is 1.25 bits per heavy atom. The summed E-state index contributed by atoms with van der Waals surface area (Å²) in [5.74, 6) is 0. The maximum atomic E-state index is 9.45. The van der Waals surface area contributed by atoms with Crippen LogP contribution in [-0.4, -0.2) is 28.7 Å². The largest absolute Gasteiger partial charge is 2.00 e. The van der Waals surface area contributed by atoms with Crippen molar-refractivity contribution < 1.29 is 22.6 Å². The minimum Gasteiger partial charge on any atom is -1.00 e. The van der Waals surface area contributed by atoms with Gasteiger partial charge in [-0.05, 0) is 20.8 Å². The molecule has 46 valence electrons. The monoisotopic (exact) mass is 148 g/mol. The molecular weight excluding hydrogens is 140 g/mol. The van der Waals surface area contributed by atoms with E-state index in [9.17, 15) is 5.26 Å². The predicted molar refractivity (Wildman–Crippen MR) is 26.6 cm³/mol. The van der Waals surface area contributed by atoms with Crippen molar-refractivity contribution in [1.29, 1.82) is 0 Å². The minimum atomic E-state index is -0.514. The van der Waals surface area contributed by atoms with Crippen LogP contribution in [0.4, 0.5) is 0 Å². The Morgan fingerprint density at radius 2 is 1.38 bits per heavy atom. The summed E-state index contributed by atoms with van der Waals surface area (Å²) in [7, 11) is 0. The van der Waals surface area contributed by atoms with E-state index >= 15 is 0 Å². The smallest absolute Gasteiger partial charge is 1.00 e. The molecule has 4 heteroatoms. The molecule has 0 bridgehead atoms. The maximum absolute atomic E-state index is 9.45. The predicted octanol–water partition coefficient (Wildman–Crippen LogP) is -3.30. The minimum absolute atomic E-state index is 0. The Labute approximate surface area is 72.1 Å². The number of hydrogen-bond acceptors (Lipinski definition) is 2. The van der Waals surface area contributed by atoms with Crippen molar-refractivity contribution in [2.24, 2.45) is 0 Å². The van der Waals surface area contributed by atoms with Crippen molar-refractivity contribution in [3.63, 3.8) is 0 Å². The first-order valence-corrected chi connectivity index (χ1v) is 1.87. The molecule has 0 rings (SSSR count). The molecule has 0 aliphatic heterocycles. The van der Waals surface area contributed by atoms with Crippen molar-refractivity contribution >= 4 is 23.1 Å². The molecule has 0 aromatic rings. The first-order valence-electron chi connectivity index (χ1n) is 1.87. The first kappa shape index (κ1) is 16.0. The second-order valence-electron chi connectivity index (χ2n) is 2.20. The number of hydrogen-bond donors (Lipinski definition) is 0. The van der Waals surface area contributed by atoms with Gasteiger partial charge in [-0.2, -0.15) is 0 Å². The van der Waals surface area contributed by atoms with Crippen molar-refractivity contribution in [2.45, 2.75) is 26.4 Å². The van der Waals surface area contributed by atoms with Gasteiger partial charge < -0.3 is 22.6 Å². The van der Waals surface area contributed by atoms with Gasteiger partial charge in [-0.3, -0.25) is 0 Å². The van der Waals surface area contributed by atoms with Crippen LogP contribution in [0, 0.1) is 0 Å². The third-order valence-electron chi connectivity index (χ3n) is 0.250. The average molecular weight is 149 g/mol. The van der Waals surface area contributed by atoms with E-state index in [0.717, 1.165) is 0 Å². The van der Waals surface area contributed by atoms with Gasteiger partial charge in [-0.15, -0.1) is 0 Å². The Kier molecular flexibility index (Phi) is 12.2. The standard InChI is InChI=1S/C4H10O2.ClH.Mg/c1-4(2,3)6-5;;/h5H,1-3H3;1H;/q;;+2/p-2. The van der Waals surface area contributed by atoms with E-state index in [2.05, 4.69) is 4.89 Å². The van der Waals surface area contributed by atoms with Crippen LogP contribution in [0.1, 0.15) is 20.8 Å². The van der Waals surface area contributed by atoms with Crippen LogP contribution in [0.25, 0.3) is 0 Å². The van der Waals surface area contributed by atoms with Gasteiger partial charge in [0.25, 0.3) is 0 Å². The van der Waals surface area contributed by atoms with Gasteiger partial charge >= 0.3 is 23.1 Å². The molecule has 0 saturated heterocycles. The Morgan fingerprint density at radius 3 is 1.38 bits per heavy atom. The summed E-state index contributed by atoms with van der Waals surface area (Å²) in [6.45, 7) is 5.12. The van der Waals surface area contributed by atoms with Gasteiger partial charge in [-0.1, -0.05) is 0 Å². The topological polar surface area (TPSA) is 32.3 Å². The van der Waals surface area contributed by atoms with E-state index in [0.29, 0.717) is 0 Å². The van der Waals surface area contributed by atoms with Gasteiger partial charge in [0.1, 0.15) is 0 Å². The van der Waals surface area contributed by atoms with Crippen molar-refractivity contribution in [2.75, 3.05) is 0 Å². The van der Waals surface area contributed by atoms with Crippen molar-refractivity contribution in [3.8, 4) is 0 Å². The number of rotatable bonds is 0. The Balaban J connectivity index is -0.000000125. The summed E-state index contributed by atoms with van der Waals surface area (Å²) in [6.07, 6.45) is 0. The molecule has 0 radical (unpaired) electrons. The van der Waals surface area contributed by atoms with Crippen molar-refractivity contribution in [3.05, 3.63) is 0 Å². The SMILES string of the molecule is CC(C)(C)O[O-].[Cl-].[Mg+2]. The van der Waals surface area contributed by atoms with E-state index in [-0.39, 0.29) is 35.5 Å².